The summed E-state index contributed by atoms with van der Waals surface area (Å²) in [4.78, 5) is 26.9. The number of H-pyrrole nitrogens is 1. The molecular weight excluding hydrogens is 312 g/mol. The lowest BCUT2D eigenvalue weighted by molar-refractivity contribution is -0.132. The lowest BCUT2D eigenvalue weighted by Gasteiger charge is -2.31. The molecule has 0 bridgehead atoms. The van der Waals surface area contributed by atoms with Gasteiger partial charge in [0.1, 0.15) is 5.82 Å². The average Bonchev–Trinajstić information content (AvgIpc) is 3.11. The number of aromatic nitrogens is 3. The molecule has 1 saturated heterocycles. The van der Waals surface area contributed by atoms with Gasteiger partial charge in [0.2, 0.25) is 5.91 Å². The monoisotopic (exact) mass is 334 g/mol. The van der Waals surface area contributed by atoms with E-state index in [-0.39, 0.29) is 5.91 Å². The number of para-hydroxylation sites is 2. The Balaban J connectivity index is 1.32. The van der Waals surface area contributed by atoms with Crippen LogP contribution >= 0.6 is 0 Å². The Morgan fingerprint density at radius 1 is 1.12 bits per heavy atom. The van der Waals surface area contributed by atoms with Gasteiger partial charge < -0.3 is 9.88 Å². The smallest absolute Gasteiger partial charge is 0.222 e. The summed E-state index contributed by atoms with van der Waals surface area (Å²) in [7, 11) is 0. The van der Waals surface area contributed by atoms with Crippen molar-refractivity contribution in [2.24, 2.45) is 0 Å². The Morgan fingerprint density at radius 2 is 1.92 bits per heavy atom. The third-order valence-electron chi connectivity index (χ3n) is 4.96. The minimum atomic E-state index is 0.230. The van der Waals surface area contributed by atoms with Gasteiger partial charge in [-0.15, -0.1) is 0 Å². The van der Waals surface area contributed by atoms with Gasteiger partial charge in [-0.2, -0.15) is 0 Å². The van der Waals surface area contributed by atoms with E-state index in [4.69, 9.17) is 4.98 Å². The van der Waals surface area contributed by atoms with Crippen molar-refractivity contribution in [3.8, 4) is 0 Å². The van der Waals surface area contributed by atoms with Crippen LogP contribution in [0.15, 0.2) is 48.7 Å². The first-order valence-corrected chi connectivity index (χ1v) is 8.92. The number of likely N-dealkylation sites (tertiary alicyclic amines) is 1. The second-order valence-electron chi connectivity index (χ2n) is 6.62. The average molecular weight is 334 g/mol. The normalized spacial score (nSPS) is 15.6. The van der Waals surface area contributed by atoms with Crippen LogP contribution in [-0.4, -0.2) is 38.8 Å². The Labute approximate surface area is 147 Å². The minimum absolute atomic E-state index is 0.230. The molecule has 2 aromatic heterocycles. The predicted octanol–water partition coefficient (Wildman–Crippen LogP) is 3.30. The molecule has 1 amide bonds. The zero-order valence-electron chi connectivity index (χ0n) is 14.2. The first-order chi connectivity index (χ1) is 12.3. The summed E-state index contributed by atoms with van der Waals surface area (Å²) in [6.45, 7) is 1.62. The second kappa shape index (κ2) is 7.05. The maximum absolute atomic E-state index is 12.4. The number of carbonyl (C=O) groups excluding carboxylic acids is 1. The van der Waals surface area contributed by atoms with Crippen molar-refractivity contribution in [1.82, 2.24) is 19.9 Å². The lowest BCUT2D eigenvalue weighted by Crippen LogP contribution is -2.38. The number of nitrogens with zero attached hydrogens (tertiary/aromatic N) is 3. The van der Waals surface area contributed by atoms with Gasteiger partial charge >= 0.3 is 0 Å². The fraction of sp³-hybridized carbons (Fsp3) is 0.350. The molecule has 1 fully saturated rings. The standard InChI is InChI=1S/C20H22N4O/c25-19(9-8-16-5-3-4-12-21-16)24-13-10-15(11-14-24)20-22-17-6-1-2-7-18(17)23-20/h1-7,12,15H,8-11,13-14H2,(H,22,23). The van der Waals surface area contributed by atoms with Crippen molar-refractivity contribution in [3.05, 3.63) is 60.2 Å². The second-order valence-corrected chi connectivity index (χ2v) is 6.62. The van der Waals surface area contributed by atoms with Crippen LogP contribution in [0.3, 0.4) is 0 Å². The van der Waals surface area contributed by atoms with E-state index in [1.807, 2.05) is 41.3 Å². The van der Waals surface area contributed by atoms with E-state index >= 15 is 0 Å². The molecule has 1 aliphatic rings. The maximum atomic E-state index is 12.4. The van der Waals surface area contributed by atoms with Gasteiger partial charge in [-0.1, -0.05) is 18.2 Å². The van der Waals surface area contributed by atoms with Crippen molar-refractivity contribution in [1.29, 1.82) is 0 Å². The number of carbonyl (C=O) groups is 1. The molecule has 0 atom stereocenters. The van der Waals surface area contributed by atoms with E-state index < -0.39 is 0 Å². The Kier molecular flexibility index (Phi) is 4.46. The number of fused-ring (bicyclic) bond motifs is 1. The van der Waals surface area contributed by atoms with E-state index in [1.54, 1.807) is 6.20 Å². The van der Waals surface area contributed by atoms with Gasteiger partial charge in [0.15, 0.2) is 0 Å². The Bertz CT molecular complexity index is 817. The van der Waals surface area contributed by atoms with Crippen LogP contribution in [0.2, 0.25) is 0 Å². The van der Waals surface area contributed by atoms with Crippen LogP contribution in [-0.2, 0) is 11.2 Å². The number of hydrogen-bond acceptors (Lipinski definition) is 3. The molecule has 3 heterocycles. The van der Waals surface area contributed by atoms with Gasteiger partial charge in [0.25, 0.3) is 0 Å². The number of imidazole rings is 1. The molecule has 0 unspecified atom stereocenters. The molecule has 0 aliphatic carbocycles. The third-order valence-corrected chi connectivity index (χ3v) is 4.96. The largest absolute Gasteiger partial charge is 0.343 e. The molecule has 0 radical (unpaired) electrons. The molecule has 0 spiro atoms. The van der Waals surface area contributed by atoms with Crippen molar-refractivity contribution in [3.63, 3.8) is 0 Å². The van der Waals surface area contributed by atoms with Gasteiger partial charge in [-0.05, 0) is 43.5 Å². The molecular formula is C20H22N4O. The number of aromatic amines is 1. The van der Waals surface area contributed by atoms with Crippen LogP contribution in [0, 0.1) is 0 Å². The third kappa shape index (κ3) is 3.55. The lowest BCUT2D eigenvalue weighted by atomic mass is 9.96. The van der Waals surface area contributed by atoms with Gasteiger partial charge in [0, 0.05) is 37.3 Å². The van der Waals surface area contributed by atoms with Crippen molar-refractivity contribution in [2.75, 3.05) is 13.1 Å². The summed E-state index contributed by atoms with van der Waals surface area (Å²) >= 11 is 0. The maximum Gasteiger partial charge on any atom is 0.222 e. The zero-order chi connectivity index (χ0) is 17.1. The molecule has 0 saturated carbocycles. The molecule has 128 valence electrons. The highest BCUT2D eigenvalue weighted by Crippen LogP contribution is 2.28. The molecule has 4 rings (SSSR count). The summed E-state index contributed by atoms with van der Waals surface area (Å²) in [5.74, 6) is 1.70. The molecule has 5 heteroatoms. The summed E-state index contributed by atoms with van der Waals surface area (Å²) in [6.07, 6.45) is 4.96. The van der Waals surface area contributed by atoms with E-state index in [1.165, 1.54) is 0 Å². The molecule has 3 aromatic rings. The van der Waals surface area contributed by atoms with E-state index in [2.05, 4.69) is 16.0 Å². The SMILES string of the molecule is O=C(CCc1ccccn1)N1CCC(c2nc3ccccc3[nH]2)CC1. The predicted molar refractivity (Wildman–Crippen MR) is 97.2 cm³/mol. The van der Waals surface area contributed by atoms with Crippen LogP contribution in [0.25, 0.3) is 11.0 Å². The number of nitrogens with one attached hydrogen (secondary N) is 1. The molecule has 1 N–H and O–H groups in total. The number of hydrogen-bond donors (Lipinski definition) is 1. The molecule has 5 nitrogen and oxygen atoms in total. The summed E-state index contributed by atoms with van der Waals surface area (Å²) in [6, 6.07) is 14.0. The van der Waals surface area contributed by atoms with Crippen molar-refractivity contribution >= 4 is 16.9 Å². The quantitative estimate of drug-likeness (QED) is 0.796. The van der Waals surface area contributed by atoms with E-state index in [0.29, 0.717) is 18.8 Å². The number of benzene rings is 1. The Hall–Kier alpha value is -2.69. The van der Waals surface area contributed by atoms with Gasteiger partial charge in [-0.25, -0.2) is 4.98 Å². The van der Waals surface area contributed by atoms with E-state index in [0.717, 1.165) is 48.5 Å². The summed E-state index contributed by atoms with van der Waals surface area (Å²) in [5, 5.41) is 0. The summed E-state index contributed by atoms with van der Waals surface area (Å²) < 4.78 is 0. The highest BCUT2D eigenvalue weighted by Gasteiger charge is 2.25. The molecule has 1 aliphatic heterocycles. The number of piperidine rings is 1. The first kappa shape index (κ1) is 15.8. The van der Waals surface area contributed by atoms with E-state index in [9.17, 15) is 4.79 Å². The number of pyridine rings is 1. The van der Waals surface area contributed by atoms with Crippen molar-refractivity contribution < 1.29 is 4.79 Å². The molecule has 25 heavy (non-hydrogen) atoms. The first-order valence-electron chi connectivity index (χ1n) is 8.92. The van der Waals surface area contributed by atoms with Crippen LogP contribution < -0.4 is 0 Å². The van der Waals surface area contributed by atoms with Crippen LogP contribution in [0.5, 0.6) is 0 Å². The number of amides is 1. The fourth-order valence-corrected chi connectivity index (χ4v) is 3.51. The zero-order valence-corrected chi connectivity index (χ0v) is 14.2. The highest BCUT2D eigenvalue weighted by atomic mass is 16.2. The number of rotatable bonds is 4. The van der Waals surface area contributed by atoms with Crippen molar-refractivity contribution in [2.45, 2.75) is 31.6 Å². The fourth-order valence-electron chi connectivity index (χ4n) is 3.51. The van der Waals surface area contributed by atoms with Crippen LogP contribution in [0.1, 0.15) is 36.7 Å². The molecule has 1 aromatic carbocycles. The van der Waals surface area contributed by atoms with Crippen LogP contribution in [0.4, 0.5) is 0 Å². The highest BCUT2D eigenvalue weighted by molar-refractivity contribution is 5.76. The van der Waals surface area contributed by atoms with Gasteiger partial charge in [0.05, 0.1) is 11.0 Å². The Morgan fingerprint density at radius 3 is 2.68 bits per heavy atom. The minimum Gasteiger partial charge on any atom is -0.343 e. The topological polar surface area (TPSA) is 61.9 Å². The summed E-state index contributed by atoms with van der Waals surface area (Å²) in [5.41, 5.74) is 3.09. The van der Waals surface area contributed by atoms with Gasteiger partial charge in [-0.3, -0.25) is 9.78 Å². The number of aryl methyl sites for hydroxylation is 1.